The minimum Gasteiger partial charge on any atom is -0.356 e. The summed E-state index contributed by atoms with van der Waals surface area (Å²) in [5, 5.41) is 7.31. The van der Waals surface area contributed by atoms with Gasteiger partial charge in [-0.05, 0) is 61.2 Å². The Balaban J connectivity index is 1.24. The van der Waals surface area contributed by atoms with E-state index in [0.717, 1.165) is 23.4 Å². The van der Waals surface area contributed by atoms with Gasteiger partial charge in [0.05, 0.1) is 16.8 Å². The van der Waals surface area contributed by atoms with E-state index in [1.807, 2.05) is 36.5 Å². The third-order valence-electron chi connectivity index (χ3n) is 5.65. The van der Waals surface area contributed by atoms with Crippen molar-refractivity contribution < 1.29 is 17.6 Å². The third kappa shape index (κ3) is 5.05. The van der Waals surface area contributed by atoms with E-state index in [1.165, 1.54) is 16.4 Å². The molecule has 32 heavy (non-hydrogen) atoms. The van der Waals surface area contributed by atoms with Crippen LogP contribution in [0, 0.1) is 11.7 Å². The van der Waals surface area contributed by atoms with Gasteiger partial charge in [0.2, 0.25) is 15.9 Å². The van der Waals surface area contributed by atoms with Gasteiger partial charge in [0.15, 0.2) is 0 Å². The lowest BCUT2D eigenvalue weighted by molar-refractivity contribution is -0.126. The maximum absolute atomic E-state index is 13.1. The van der Waals surface area contributed by atoms with Crippen LogP contribution in [0.2, 0.25) is 0 Å². The summed E-state index contributed by atoms with van der Waals surface area (Å²) >= 11 is 0. The molecular formula is C23H25FN4O3S. The number of carbonyl (C=O) groups is 1. The van der Waals surface area contributed by atoms with Crippen molar-refractivity contribution in [1.29, 1.82) is 0 Å². The van der Waals surface area contributed by atoms with Gasteiger partial charge in [0.25, 0.3) is 0 Å². The molecule has 7 nitrogen and oxygen atoms in total. The highest BCUT2D eigenvalue weighted by Gasteiger charge is 2.32. The summed E-state index contributed by atoms with van der Waals surface area (Å²) in [7, 11) is -3.68. The highest BCUT2D eigenvalue weighted by molar-refractivity contribution is 7.89. The monoisotopic (exact) mass is 456 g/mol. The van der Waals surface area contributed by atoms with E-state index in [0.29, 0.717) is 25.8 Å². The Morgan fingerprint density at radius 1 is 1.06 bits per heavy atom. The normalized spacial score (nSPS) is 15.5. The molecule has 1 aromatic heterocycles. The lowest BCUT2D eigenvalue weighted by atomic mass is 9.97. The van der Waals surface area contributed by atoms with Crippen LogP contribution in [0.4, 0.5) is 4.39 Å². The van der Waals surface area contributed by atoms with Crippen LogP contribution in [0.25, 0.3) is 5.69 Å². The first-order valence-corrected chi connectivity index (χ1v) is 12.0. The predicted molar refractivity (Wildman–Crippen MR) is 118 cm³/mol. The molecule has 0 bridgehead atoms. The van der Waals surface area contributed by atoms with Crippen LogP contribution in [-0.2, 0) is 21.2 Å². The van der Waals surface area contributed by atoms with Crippen molar-refractivity contribution in [3.63, 3.8) is 0 Å². The van der Waals surface area contributed by atoms with Gasteiger partial charge in [0, 0.05) is 31.7 Å². The largest absolute Gasteiger partial charge is 0.356 e. The van der Waals surface area contributed by atoms with Crippen molar-refractivity contribution in [1.82, 2.24) is 19.4 Å². The zero-order valence-electron chi connectivity index (χ0n) is 17.5. The van der Waals surface area contributed by atoms with Crippen molar-refractivity contribution >= 4 is 15.9 Å². The molecule has 1 aliphatic heterocycles. The molecular weight excluding hydrogens is 431 g/mol. The molecule has 1 saturated heterocycles. The first-order valence-electron chi connectivity index (χ1n) is 10.6. The number of halogens is 1. The van der Waals surface area contributed by atoms with Crippen LogP contribution in [0.3, 0.4) is 0 Å². The number of para-hydroxylation sites is 1. The van der Waals surface area contributed by atoms with E-state index >= 15 is 0 Å². The Hall–Kier alpha value is -3.04. The molecule has 2 heterocycles. The summed E-state index contributed by atoms with van der Waals surface area (Å²) in [5.41, 5.74) is 2.00. The number of amides is 1. The van der Waals surface area contributed by atoms with E-state index in [4.69, 9.17) is 0 Å². The van der Waals surface area contributed by atoms with Crippen molar-refractivity contribution in [3.8, 4) is 5.69 Å². The van der Waals surface area contributed by atoms with Crippen molar-refractivity contribution in [2.24, 2.45) is 5.92 Å². The van der Waals surface area contributed by atoms with E-state index in [2.05, 4.69) is 10.4 Å². The first kappa shape index (κ1) is 22.2. The van der Waals surface area contributed by atoms with Crippen LogP contribution < -0.4 is 5.32 Å². The average molecular weight is 457 g/mol. The molecule has 9 heteroatoms. The van der Waals surface area contributed by atoms with Crippen molar-refractivity contribution in [2.75, 3.05) is 19.6 Å². The van der Waals surface area contributed by atoms with Crippen LogP contribution in [0.15, 0.2) is 71.9 Å². The number of nitrogens with one attached hydrogen (secondary N) is 1. The SMILES string of the molecule is O=C(NCCc1cnn(-c2ccccc2)c1)C1CCN(S(=O)(=O)c2ccc(F)cc2)CC1. The van der Waals surface area contributed by atoms with Gasteiger partial charge >= 0.3 is 0 Å². The number of sulfonamides is 1. The Labute approximate surface area is 186 Å². The van der Waals surface area contributed by atoms with Gasteiger partial charge < -0.3 is 5.32 Å². The van der Waals surface area contributed by atoms with Gasteiger partial charge in [-0.15, -0.1) is 0 Å². The van der Waals surface area contributed by atoms with Gasteiger partial charge in [-0.3, -0.25) is 4.79 Å². The number of rotatable bonds is 7. The number of carbonyl (C=O) groups excluding carboxylic acids is 1. The number of benzene rings is 2. The van der Waals surface area contributed by atoms with Gasteiger partial charge in [-0.2, -0.15) is 9.40 Å². The first-order chi connectivity index (χ1) is 15.4. The van der Waals surface area contributed by atoms with Crippen LogP contribution in [0.1, 0.15) is 18.4 Å². The molecule has 0 aliphatic carbocycles. The Kier molecular flexibility index (Phi) is 6.66. The van der Waals surface area contributed by atoms with Gasteiger partial charge in [-0.1, -0.05) is 18.2 Å². The fourth-order valence-electron chi connectivity index (χ4n) is 3.80. The standard InChI is InChI=1S/C23H25FN4O3S/c24-20-6-8-22(9-7-20)32(30,31)27-14-11-19(12-15-27)23(29)25-13-10-18-16-26-28(17-18)21-4-2-1-3-5-21/h1-9,16-17,19H,10-15H2,(H,25,29). The zero-order valence-corrected chi connectivity index (χ0v) is 18.3. The second-order valence-corrected chi connectivity index (χ2v) is 9.74. The summed E-state index contributed by atoms with van der Waals surface area (Å²) in [6.07, 6.45) is 5.31. The third-order valence-corrected chi connectivity index (χ3v) is 7.56. The molecule has 2 aromatic carbocycles. The average Bonchev–Trinajstić information content (AvgIpc) is 3.29. The topological polar surface area (TPSA) is 84.3 Å². The van der Waals surface area contributed by atoms with Crippen LogP contribution >= 0.6 is 0 Å². The number of piperidine rings is 1. The van der Waals surface area contributed by atoms with Gasteiger partial charge in [0.1, 0.15) is 5.82 Å². The molecule has 1 aliphatic rings. The lowest BCUT2D eigenvalue weighted by Gasteiger charge is -2.30. The highest BCUT2D eigenvalue weighted by Crippen LogP contribution is 2.24. The molecule has 0 saturated carbocycles. The molecule has 3 aromatic rings. The zero-order chi connectivity index (χ0) is 22.6. The summed E-state index contributed by atoms with van der Waals surface area (Å²) < 4.78 is 41.7. The van der Waals surface area contributed by atoms with Crippen molar-refractivity contribution in [2.45, 2.75) is 24.2 Å². The van der Waals surface area contributed by atoms with E-state index in [-0.39, 0.29) is 29.8 Å². The Morgan fingerprint density at radius 2 is 1.75 bits per heavy atom. The van der Waals surface area contributed by atoms with Crippen LogP contribution in [-0.4, -0.2) is 48.0 Å². The molecule has 0 atom stereocenters. The molecule has 1 amide bonds. The second-order valence-electron chi connectivity index (χ2n) is 7.80. The fraction of sp³-hybridized carbons (Fsp3) is 0.304. The van der Waals surface area contributed by atoms with E-state index < -0.39 is 15.8 Å². The lowest BCUT2D eigenvalue weighted by Crippen LogP contribution is -2.43. The number of hydrogen-bond donors (Lipinski definition) is 1. The summed E-state index contributed by atoms with van der Waals surface area (Å²) in [5.74, 6) is -0.757. The number of nitrogens with zero attached hydrogens (tertiary/aromatic N) is 3. The maximum Gasteiger partial charge on any atom is 0.243 e. The summed E-state index contributed by atoms with van der Waals surface area (Å²) in [4.78, 5) is 12.6. The highest BCUT2D eigenvalue weighted by atomic mass is 32.2. The summed E-state index contributed by atoms with van der Waals surface area (Å²) in [6, 6.07) is 14.6. The molecule has 4 rings (SSSR count). The minimum absolute atomic E-state index is 0.0562. The van der Waals surface area contributed by atoms with Crippen LogP contribution in [0.5, 0.6) is 0 Å². The maximum atomic E-state index is 13.1. The van der Waals surface area contributed by atoms with E-state index in [1.54, 1.807) is 10.9 Å². The molecule has 1 N–H and O–H groups in total. The summed E-state index contributed by atoms with van der Waals surface area (Å²) in [6.45, 7) is 1.02. The predicted octanol–water partition coefficient (Wildman–Crippen LogP) is 2.77. The minimum atomic E-state index is -3.68. The number of aromatic nitrogens is 2. The molecule has 0 radical (unpaired) electrons. The second kappa shape index (κ2) is 9.62. The van der Waals surface area contributed by atoms with Crippen molar-refractivity contribution in [3.05, 3.63) is 78.4 Å². The smallest absolute Gasteiger partial charge is 0.243 e. The molecule has 1 fully saturated rings. The van der Waals surface area contributed by atoms with E-state index in [9.17, 15) is 17.6 Å². The fourth-order valence-corrected chi connectivity index (χ4v) is 5.27. The Bertz CT molecular complexity index is 1160. The molecule has 0 unspecified atom stereocenters. The Morgan fingerprint density at radius 3 is 2.44 bits per heavy atom. The number of hydrogen-bond acceptors (Lipinski definition) is 4. The molecule has 0 spiro atoms. The molecule has 168 valence electrons. The van der Waals surface area contributed by atoms with Gasteiger partial charge in [-0.25, -0.2) is 17.5 Å². The quantitative estimate of drug-likeness (QED) is 0.593.